The molecule has 0 bridgehead atoms. The van der Waals surface area contributed by atoms with Crippen molar-refractivity contribution in [3.05, 3.63) is 76.6 Å². The van der Waals surface area contributed by atoms with Gasteiger partial charge in [-0.2, -0.15) is 0 Å². The van der Waals surface area contributed by atoms with E-state index in [4.69, 9.17) is 16.0 Å². The van der Waals surface area contributed by atoms with Gasteiger partial charge in [0.25, 0.3) is 5.22 Å². The summed E-state index contributed by atoms with van der Waals surface area (Å²) in [5.74, 6) is 0.706. The largest absolute Gasteiger partial charge is 0.416 e. The summed E-state index contributed by atoms with van der Waals surface area (Å²) in [6.07, 6.45) is 1.05. The fourth-order valence-corrected chi connectivity index (χ4v) is 6.23. The molecule has 168 valence electrons. The number of sulfone groups is 1. The van der Waals surface area contributed by atoms with Crippen molar-refractivity contribution in [3.8, 4) is 0 Å². The van der Waals surface area contributed by atoms with Gasteiger partial charge in [0.05, 0.1) is 23.3 Å². The van der Waals surface area contributed by atoms with Crippen molar-refractivity contribution in [2.24, 2.45) is 5.92 Å². The van der Waals surface area contributed by atoms with E-state index in [0.29, 0.717) is 29.0 Å². The van der Waals surface area contributed by atoms with Crippen molar-refractivity contribution in [3.63, 3.8) is 0 Å². The van der Waals surface area contributed by atoms with Crippen molar-refractivity contribution < 1.29 is 17.6 Å². The molecule has 2 atom stereocenters. The van der Waals surface area contributed by atoms with Crippen LogP contribution < -0.4 is 5.32 Å². The first-order chi connectivity index (χ1) is 15.4. The molecule has 1 aliphatic heterocycles. The summed E-state index contributed by atoms with van der Waals surface area (Å²) in [5.41, 5.74) is 1.88. The van der Waals surface area contributed by atoms with Gasteiger partial charge in [-0.1, -0.05) is 65.8 Å². The maximum absolute atomic E-state index is 12.7. The fraction of sp³-hybridized carbons (Fsp3) is 0.318. The van der Waals surface area contributed by atoms with Crippen molar-refractivity contribution in [2.45, 2.75) is 24.1 Å². The average Bonchev–Trinajstić information content (AvgIpc) is 3.37. The van der Waals surface area contributed by atoms with Crippen molar-refractivity contribution in [2.75, 3.05) is 17.3 Å². The Balaban J connectivity index is 1.36. The monoisotopic (exact) mass is 491 g/mol. The van der Waals surface area contributed by atoms with Crippen LogP contribution in [0.15, 0.2) is 64.2 Å². The normalized spacial score (nSPS) is 18.3. The first-order valence-electron chi connectivity index (χ1n) is 10.1. The molecular formula is C22H22ClN3O4S2. The van der Waals surface area contributed by atoms with Gasteiger partial charge in [-0.15, -0.1) is 10.2 Å². The molecule has 0 aliphatic carbocycles. The molecule has 2 aromatic carbocycles. The third kappa shape index (κ3) is 6.11. The Hall–Kier alpha value is -2.36. The van der Waals surface area contributed by atoms with E-state index in [1.807, 2.05) is 42.5 Å². The number of carbonyl (C=O) groups is 1. The second-order valence-electron chi connectivity index (χ2n) is 7.69. The zero-order valence-electron chi connectivity index (χ0n) is 17.1. The second-order valence-corrected chi connectivity index (χ2v) is 11.3. The number of amides is 1. The smallest absolute Gasteiger partial charge is 0.277 e. The van der Waals surface area contributed by atoms with E-state index in [0.717, 1.165) is 22.9 Å². The Kier molecular flexibility index (Phi) is 7.17. The minimum atomic E-state index is -2.95. The van der Waals surface area contributed by atoms with E-state index in [2.05, 4.69) is 15.5 Å². The maximum atomic E-state index is 12.7. The molecule has 32 heavy (non-hydrogen) atoms. The van der Waals surface area contributed by atoms with Crippen molar-refractivity contribution in [1.29, 1.82) is 0 Å². The standard InChI is InChI=1S/C22H22ClN3O4S2/c23-18-8-6-17(7-9-18)21(16-4-2-1-3-5-16)24-19(27)13-31-22-26-25-20(30-22)12-15-10-11-32(28,29)14-15/h1-9,15,21H,10-14H2,(H,24,27)/t15-,21-/m1/s1. The number of aromatic nitrogens is 2. The highest BCUT2D eigenvalue weighted by Crippen LogP contribution is 2.26. The van der Waals surface area contributed by atoms with Gasteiger partial charge in [0, 0.05) is 11.4 Å². The van der Waals surface area contributed by atoms with Crippen LogP contribution in [0, 0.1) is 5.92 Å². The summed E-state index contributed by atoms with van der Waals surface area (Å²) in [6, 6.07) is 16.7. The van der Waals surface area contributed by atoms with E-state index in [-0.39, 0.29) is 35.1 Å². The lowest BCUT2D eigenvalue weighted by Crippen LogP contribution is -2.30. The molecule has 1 aliphatic rings. The van der Waals surface area contributed by atoms with E-state index in [1.54, 1.807) is 12.1 Å². The van der Waals surface area contributed by atoms with Gasteiger partial charge in [0.1, 0.15) is 0 Å². The number of halogens is 1. The van der Waals surface area contributed by atoms with Crippen molar-refractivity contribution >= 4 is 39.1 Å². The zero-order chi connectivity index (χ0) is 22.6. The molecule has 1 amide bonds. The molecule has 1 saturated heterocycles. The van der Waals surface area contributed by atoms with Gasteiger partial charge >= 0.3 is 0 Å². The van der Waals surface area contributed by atoms with E-state index >= 15 is 0 Å². The molecule has 0 spiro atoms. The SMILES string of the molecule is O=C(CSc1nnc(C[C@H]2CCS(=O)(=O)C2)o1)N[C@H](c1ccccc1)c1ccc(Cl)cc1. The molecule has 0 saturated carbocycles. The lowest BCUT2D eigenvalue weighted by atomic mass is 9.99. The van der Waals surface area contributed by atoms with Gasteiger partial charge in [-0.3, -0.25) is 4.79 Å². The molecule has 2 heterocycles. The summed E-state index contributed by atoms with van der Waals surface area (Å²) in [6.45, 7) is 0. The number of hydrogen-bond acceptors (Lipinski definition) is 7. The van der Waals surface area contributed by atoms with Gasteiger partial charge in [-0.25, -0.2) is 8.42 Å². The van der Waals surface area contributed by atoms with Gasteiger partial charge in [0.2, 0.25) is 11.8 Å². The molecule has 1 fully saturated rings. The lowest BCUT2D eigenvalue weighted by molar-refractivity contribution is -0.119. The molecule has 10 heteroatoms. The zero-order valence-corrected chi connectivity index (χ0v) is 19.5. The number of carbonyl (C=O) groups excluding carboxylic acids is 1. The molecule has 7 nitrogen and oxygen atoms in total. The molecule has 1 N–H and O–H groups in total. The number of nitrogens with zero attached hydrogens (tertiary/aromatic N) is 2. The summed E-state index contributed by atoms with van der Waals surface area (Å²) in [5, 5.41) is 11.9. The van der Waals surface area contributed by atoms with Gasteiger partial charge in [0.15, 0.2) is 9.84 Å². The molecule has 4 rings (SSSR count). The van der Waals surface area contributed by atoms with Crippen LogP contribution in [0.3, 0.4) is 0 Å². The minimum absolute atomic E-state index is 0.00704. The van der Waals surface area contributed by atoms with Crippen LogP contribution in [0.4, 0.5) is 0 Å². The topological polar surface area (TPSA) is 102 Å². The Morgan fingerprint density at radius 2 is 1.84 bits per heavy atom. The van der Waals surface area contributed by atoms with Crippen LogP contribution in [0.25, 0.3) is 0 Å². The molecule has 1 aromatic heterocycles. The summed E-state index contributed by atoms with van der Waals surface area (Å²) >= 11 is 7.16. The van der Waals surface area contributed by atoms with Gasteiger partial charge in [-0.05, 0) is 35.6 Å². The highest BCUT2D eigenvalue weighted by Gasteiger charge is 2.29. The summed E-state index contributed by atoms with van der Waals surface area (Å²) in [4.78, 5) is 12.7. The molecule has 0 unspecified atom stereocenters. The number of hydrogen-bond donors (Lipinski definition) is 1. The summed E-state index contributed by atoms with van der Waals surface area (Å²) in [7, 11) is -2.95. The van der Waals surface area contributed by atoms with Gasteiger partial charge < -0.3 is 9.73 Å². The Morgan fingerprint density at radius 3 is 2.53 bits per heavy atom. The number of thioether (sulfide) groups is 1. The Bertz CT molecular complexity index is 1170. The first kappa shape index (κ1) is 22.8. The number of benzene rings is 2. The molecule has 3 aromatic rings. The highest BCUT2D eigenvalue weighted by atomic mass is 35.5. The van der Waals surface area contributed by atoms with Crippen LogP contribution in [0.5, 0.6) is 0 Å². The number of nitrogens with one attached hydrogen (secondary N) is 1. The number of rotatable bonds is 8. The van der Waals surface area contributed by atoms with E-state index in [9.17, 15) is 13.2 Å². The summed E-state index contributed by atoms with van der Waals surface area (Å²) < 4.78 is 28.8. The predicted octanol–water partition coefficient (Wildman–Crippen LogP) is 3.70. The first-order valence-corrected chi connectivity index (χ1v) is 13.3. The molecular weight excluding hydrogens is 470 g/mol. The predicted molar refractivity (Wildman–Crippen MR) is 123 cm³/mol. The minimum Gasteiger partial charge on any atom is -0.416 e. The van der Waals surface area contributed by atoms with Crippen LogP contribution in [0.2, 0.25) is 5.02 Å². The lowest BCUT2D eigenvalue weighted by Gasteiger charge is -2.19. The third-order valence-corrected chi connectivity index (χ3v) is 8.11. The Labute approximate surface area is 195 Å². The third-order valence-electron chi connectivity index (χ3n) is 5.21. The average molecular weight is 492 g/mol. The van der Waals surface area contributed by atoms with Crippen LogP contribution in [-0.2, 0) is 21.1 Å². The highest BCUT2D eigenvalue weighted by molar-refractivity contribution is 7.99. The van der Waals surface area contributed by atoms with Crippen molar-refractivity contribution in [1.82, 2.24) is 15.5 Å². The second kappa shape index (κ2) is 10.1. The maximum Gasteiger partial charge on any atom is 0.277 e. The molecule has 0 radical (unpaired) electrons. The fourth-order valence-electron chi connectivity index (χ4n) is 3.65. The van der Waals surface area contributed by atoms with E-state index in [1.165, 1.54) is 0 Å². The van der Waals surface area contributed by atoms with E-state index < -0.39 is 9.84 Å². The van der Waals surface area contributed by atoms with Crippen LogP contribution in [0.1, 0.15) is 29.5 Å². The van der Waals surface area contributed by atoms with Crippen LogP contribution in [-0.4, -0.2) is 41.8 Å². The quantitative estimate of drug-likeness (QED) is 0.479. The van der Waals surface area contributed by atoms with Crippen LogP contribution >= 0.6 is 23.4 Å². The Morgan fingerprint density at radius 1 is 1.12 bits per heavy atom.